The van der Waals surface area contributed by atoms with Gasteiger partial charge in [-0.1, -0.05) is 20.8 Å². The van der Waals surface area contributed by atoms with Gasteiger partial charge in [-0.25, -0.2) is 4.98 Å². The molecule has 20 heavy (non-hydrogen) atoms. The summed E-state index contributed by atoms with van der Waals surface area (Å²) in [7, 11) is 0. The molecule has 0 unspecified atom stereocenters. The maximum atomic E-state index is 4.75. The summed E-state index contributed by atoms with van der Waals surface area (Å²) in [4.78, 5) is 7.21. The fourth-order valence-corrected chi connectivity index (χ4v) is 3.01. The lowest BCUT2D eigenvalue weighted by Gasteiger charge is -2.39. The molecule has 0 spiro atoms. The highest BCUT2D eigenvalue weighted by atomic mass is 15.2. The lowest BCUT2D eigenvalue weighted by Crippen LogP contribution is -2.40. The van der Waals surface area contributed by atoms with E-state index in [1.54, 1.807) is 0 Å². The summed E-state index contributed by atoms with van der Waals surface area (Å²) in [6.45, 7) is 13.3. The van der Waals surface area contributed by atoms with Crippen molar-refractivity contribution in [3.8, 4) is 0 Å². The molecule has 1 aliphatic rings. The minimum atomic E-state index is 0.407. The molecule has 1 fully saturated rings. The SMILES string of the molecule is CCCNCc1cc(C)nc(N2CCCC(C)(C)C2)c1. The predicted molar refractivity (Wildman–Crippen MR) is 86.2 cm³/mol. The third kappa shape index (κ3) is 4.20. The summed E-state index contributed by atoms with van der Waals surface area (Å²) >= 11 is 0. The van der Waals surface area contributed by atoms with Crippen molar-refractivity contribution < 1.29 is 0 Å². The molecule has 3 heteroatoms. The Kier molecular flexibility index (Phi) is 5.03. The van der Waals surface area contributed by atoms with Crippen molar-refractivity contribution in [3.63, 3.8) is 0 Å². The van der Waals surface area contributed by atoms with Crippen LogP contribution in [0.15, 0.2) is 12.1 Å². The Hall–Kier alpha value is -1.09. The number of hydrogen-bond donors (Lipinski definition) is 1. The highest BCUT2D eigenvalue weighted by Gasteiger charge is 2.27. The van der Waals surface area contributed by atoms with Gasteiger partial charge in [-0.05, 0) is 55.8 Å². The molecule has 0 bridgehead atoms. The van der Waals surface area contributed by atoms with Gasteiger partial charge in [0.2, 0.25) is 0 Å². The van der Waals surface area contributed by atoms with Crippen LogP contribution in [-0.4, -0.2) is 24.6 Å². The minimum absolute atomic E-state index is 0.407. The van der Waals surface area contributed by atoms with Crippen LogP contribution in [-0.2, 0) is 6.54 Å². The molecule has 1 saturated heterocycles. The Morgan fingerprint density at radius 3 is 2.85 bits per heavy atom. The van der Waals surface area contributed by atoms with Gasteiger partial charge < -0.3 is 10.2 Å². The van der Waals surface area contributed by atoms with Crippen LogP contribution in [0, 0.1) is 12.3 Å². The van der Waals surface area contributed by atoms with Crippen LogP contribution >= 0.6 is 0 Å². The van der Waals surface area contributed by atoms with Gasteiger partial charge in [0, 0.05) is 25.3 Å². The molecule has 2 heterocycles. The lowest BCUT2D eigenvalue weighted by molar-refractivity contribution is 0.292. The summed E-state index contributed by atoms with van der Waals surface area (Å²) in [6, 6.07) is 4.46. The number of hydrogen-bond acceptors (Lipinski definition) is 3. The van der Waals surface area contributed by atoms with Crippen molar-refractivity contribution in [1.82, 2.24) is 10.3 Å². The number of aryl methyl sites for hydroxylation is 1. The van der Waals surface area contributed by atoms with E-state index in [1.165, 1.54) is 24.8 Å². The van der Waals surface area contributed by atoms with Crippen molar-refractivity contribution in [2.24, 2.45) is 5.41 Å². The average Bonchev–Trinajstić information content (AvgIpc) is 2.37. The number of piperidine rings is 1. The zero-order valence-corrected chi connectivity index (χ0v) is 13.5. The standard InChI is InChI=1S/C17H29N3/c1-5-8-18-12-15-10-14(2)19-16(11-15)20-9-6-7-17(3,4)13-20/h10-11,18H,5-9,12-13H2,1-4H3. The Bertz CT molecular complexity index is 440. The fraction of sp³-hybridized carbons (Fsp3) is 0.706. The Morgan fingerprint density at radius 1 is 1.35 bits per heavy atom. The minimum Gasteiger partial charge on any atom is -0.356 e. The van der Waals surface area contributed by atoms with Crippen LogP contribution in [0.4, 0.5) is 5.82 Å². The van der Waals surface area contributed by atoms with Gasteiger partial charge in [0.05, 0.1) is 0 Å². The second-order valence-electron chi connectivity index (χ2n) is 6.84. The van der Waals surface area contributed by atoms with Gasteiger partial charge in [0.15, 0.2) is 0 Å². The predicted octanol–water partition coefficient (Wildman–Crippen LogP) is 3.52. The molecule has 0 amide bonds. The van der Waals surface area contributed by atoms with Gasteiger partial charge in [-0.2, -0.15) is 0 Å². The molecule has 0 saturated carbocycles. The second kappa shape index (κ2) is 6.57. The maximum Gasteiger partial charge on any atom is 0.129 e. The highest BCUT2D eigenvalue weighted by molar-refractivity contribution is 5.43. The number of nitrogens with one attached hydrogen (secondary N) is 1. The summed E-state index contributed by atoms with van der Waals surface area (Å²) in [5, 5.41) is 3.48. The van der Waals surface area contributed by atoms with E-state index >= 15 is 0 Å². The van der Waals surface area contributed by atoms with E-state index in [0.29, 0.717) is 5.41 Å². The summed E-state index contributed by atoms with van der Waals surface area (Å²) in [5.74, 6) is 1.16. The molecule has 3 nitrogen and oxygen atoms in total. The smallest absolute Gasteiger partial charge is 0.129 e. The largest absolute Gasteiger partial charge is 0.356 e. The first kappa shape index (κ1) is 15.3. The molecule has 1 N–H and O–H groups in total. The first-order valence-electron chi connectivity index (χ1n) is 7.93. The summed E-state index contributed by atoms with van der Waals surface area (Å²) < 4.78 is 0. The van der Waals surface area contributed by atoms with Crippen LogP contribution in [0.3, 0.4) is 0 Å². The quantitative estimate of drug-likeness (QED) is 0.833. The van der Waals surface area contributed by atoms with Crippen LogP contribution in [0.5, 0.6) is 0 Å². The van der Waals surface area contributed by atoms with E-state index in [2.05, 4.69) is 50.0 Å². The molecule has 0 atom stereocenters. The normalized spacial score (nSPS) is 18.3. The van der Waals surface area contributed by atoms with Gasteiger partial charge in [0.25, 0.3) is 0 Å². The number of rotatable bonds is 5. The number of nitrogens with zero attached hydrogens (tertiary/aromatic N) is 2. The molecule has 0 radical (unpaired) electrons. The lowest BCUT2D eigenvalue weighted by atomic mass is 9.84. The molecule has 2 rings (SSSR count). The van der Waals surface area contributed by atoms with Crippen molar-refractivity contribution in [3.05, 3.63) is 23.4 Å². The van der Waals surface area contributed by atoms with E-state index < -0.39 is 0 Å². The third-order valence-electron chi connectivity index (χ3n) is 3.98. The van der Waals surface area contributed by atoms with Gasteiger partial charge >= 0.3 is 0 Å². The topological polar surface area (TPSA) is 28.2 Å². The van der Waals surface area contributed by atoms with Crippen LogP contribution in [0.1, 0.15) is 51.3 Å². The summed E-state index contributed by atoms with van der Waals surface area (Å²) in [6.07, 6.45) is 3.77. The molecule has 0 aliphatic carbocycles. The van der Waals surface area contributed by atoms with Crippen molar-refractivity contribution in [2.75, 3.05) is 24.5 Å². The van der Waals surface area contributed by atoms with Crippen molar-refractivity contribution in [1.29, 1.82) is 0 Å². The molecule has 1 aromatic rings. The molecule has 1 aliphatic heterocycles. The Labute approximate surface area is 123 Å². The number of anilines is 1. The van der Waals surface area contributed by atoms with Crippen molar-refractivity contribution in [2.45, 2.75) is 53.5 Å². The molecule has 112 valence electrons. The van der Waals surface area contributed by atoms with Gasteiger partial charge in [0.1, 0.15) is 5.82 Å². The fourth-order valence-electron chi connectivity index (χ4n) is 3.01. The first-order valence-corrected chi connectivity index (χ1v) is 7.93. The first-order chi connectivity index (χ1) is 9.50. The number of aromatic nitrogens is 1. The summed E-state index contributed by atoms with van der Waals surface area (Å²) in [5.41, 5.74) is 2.88. The highest BCUT2D eigenvalue weighted by Crippen LogP contribution is 2.31. The monoisotopic (exact) mass is 275 g/mol. The van der Waals surface area contributed by atoms with E-state index in [9.17, 15) is 0 Å². The average molecular weight is 275 g/mol. The Morgan fingerprint density at radius 2 is 2.15 bits per heavy atom. The molecular formula is C17H29N3. The van der Waals surface area contributed by atoms with Crippen LogP contribution in [0.25, 0.3) is 0 Å². The third-order valence-corrected chi connectivity index (χ3v) is 3.98. The van der Waals surface area contributed by atoms with Crippen molar-refractivity contribution >= 4 is 5.82 Å². The number of pyridine rings is 1. The molecule has 1 aromatic heterocycles. The van der Waals surface area contributed by atoms with Crippen LogP contribution in [0.2, 0.25) is 0 Å². The van der Waals surface area contributed by atoms with E-state index in [-0.39, 0.29) is 0 Å². The van der Waals surface area contributed by atoms with E-state index in [0.717, 1.165) is 37.7 Å². The second-order valence-corrected chi connectivity index (χ2v) is 6.84. The molecule has 0 aromatic carbocycles. The van der Waals surface area contributed by atoms with E-state index in [1.807, 2.05) is 0 Å². The maximum absolute atomic E-state index is 4.75. The van der Waals surface area contributed by atoms with E-state index in [4.69, 9.17) is 4.98 Å². The molecular weight excluding hydrogens is 246 g/mol. The van der Waals surface area contributed by atoms with Crippen LogP contribution < -0.4 is 10.2 Å². The zero-order valence-electron chi connectivity index (χ0n) is 13.5. The van der Waals surface area contributed by atoms with Gasteiger partial charge in [-0.15, -0.1) is 0 Å². The Balaban J connectivity index is 2.10. The van der Waals surface area contributed by atoms with Gasteiger partial charge in [-0.3, -0.25) is 0 Å². The zero-order chi connectivity index (χ0) is 14.6.